The quantitative estimate of drug-likeness (QED) is 0.665. The van der Waals surface area contributed by atoms with Gasteiger partial charge in [-0.25, -0.2) is 0 Å². The van der Waals surface area contributed by atoms with Gasteiger partial charge in [0.15, 0.2) is 0 Å². The smallest absolute Gasteiger partial charge is 0.292 e. The molecule has 1 atom stereocenters. The van der Waals surface area contributed by atoms with E-state index in [1.807, 2.05) is 36.7 Å². The second-order valence-electron chi connectivity index (χ2n) is 4.20. The van der Waals surface area contributed by atoms with Crippen LogP contribution in [0.15, 0.2) is 35.0 Å². The van der Waals surface area contributed by atoms with Crippen molar-refractivity contribution in [2.45, 2.75) is 19.9 Å². The van der Waals surface area contributed by atoms with Gasteiger partial charge in [0.25, 0.3) is 5.69 Å². The Morgan fingerprint density at radius 3 is 2.78 bits per heavy atom. The first-order valence-corrected chi connectivity index (χ1v) is 6.56. The van der Waals surface area contributed by atoms with Crippen molar-refractivity contribution in [2.24, 2.45) is 0 Å². The number of hydrogen-bond donors (Lipinski definition) is 1. The maximum absolute atomic E-state index is 11.0. The van der Waals surface area contributed by atoms with Crippen molar-refractivity contribution in [3.05, 3.63) is 56.3 Å². The molecular weight excluding hydrogens is 248 g/mol. The number of nitro benzene ring substituents is 1. The number of rotatable bonds is 4. The molecule has 4 nitrogen and oxygen atoms in total. The second-order valence-corrected chi connectivity index (χ2v) is 4.98. The number of nitrogens with one attached hydrogen (secondary N) is 1. The molecule has 0 spiro atoms. The van der Waals surface area contributed by atoms with E-state index >= 15 is 0 Å². The predicted octanol–water partition coefficient (Wildman–Crippen LogP) is 4.14. The van der Waals surface area contributed by atoms with Crippen LogP contribution in [-0.2, 0) is 0 Å². The van der Waals surface area contributed by atoms with Crippen molar-refractivity contribution in [3.8, 4) is 0 Å². The molecule has 2 aromatic rings. The summed E-state index contributed by atoms with van der Waals surface area (Å²) >= 11 is 1.62. The van der Waals surface area contributed by atoms with Crippen LogP contribution in [0, 0.1) is 17.0 Å². The van der Waals surface area contributed by atoms with Crippen molar-refractivity contribution >= 4 is 22.7 Å². The summed E-state index contributed by atoms with van der Waals surface area (Å²) in [6.45, 7) is 3.84. The van der Waals surface area contributed by atoms with Crippen LogP contribution in [0.5, 0.6) is 0 Å². The highest BCUT2D eigenvalue weighted by Crippen LogP contribution is 2.29. The van der Waals surface area contributed by atoms with E-state index in [1.165, 1.54) is 0 Å². The molecule has 18 heavy (non-hydrogen) atoms. The number of anilines is 1. The maximum Gasteiger partial charge on any atom is 0.292 e. The summed E-state index contributed by atoms with van der Waals surface area (Å²) in [6, 6.07) is 7.29. The lowest BCUT2D eigenvalue weighted by Gasteiger charge is -2.14. The minimum absolute atomic E-state index is 0.0534. The molecule has 0 radical (unpaired) electrons. The van der Waals surface area contributed by atoms with E-state index in [4.69, 9.17) is 0 Å². The zero-order valence-corrected chi connectivity index (χ0v) is 11.0. The molecule has 94 valence electrons. The van der Waals surface area contributed by atoms with Gasteiger partial charge in [0.2, 0.25) is 0 Å². The zero-order valence-electron chi connectivity index (χ0n) is 10.2. The molecule has 0 saturated carbocycles. The summed E-state index contributed by atoms with van der Waals surface area (Å²) in [7, 11) is 0. The summed E-state index contributed by atoms with van der Waals surface area (Å²) in [6.07, 6.45) is 0. The van der Waals surface area contributed by atoms with Crippen LogP contribution < -0.4 is 5.32 Å². The van der Waals surface area contributed by atoms with E-state index in [1.54, 1.807) is 23.5 Å². The maximum atomic E-state index is 11.0. The second kappa shape index (κ2) is 5.18. The lowest BCUT2D eigenvalue weighted by Crippen LogP contribution is -2.07. The van der Waals surface area contributed by atoms with Gasteiger partial charge >= 0.3 is 0 Å². The summed E-state index contributed by atoms with van der Waals surface area (Å²) in [5, 5.41) is 18.2. The number of hydrogen-bond acceptors (Lipinski definition) is 4. The monoisotopic (exact) mass is 262 g/mol. The van der Waals surface area contributed by atoms with E-state index < -0.39 is 0 Å². The Morgan fingerprint density at radius 2 is 2.17 bits per heavy atom. The number of nitro groups is 1. The molecule has 0 aliphatic carbocycles. The Kier molecular flexibility index (Phi) is 3.62. The molecule has 1 unspecified atom stereocenters. The van der Waals surface area contributed by atoms with Crippen LogP contribution in [-0.4, -0.2) is 4.92 Å². The summed E-state index contributed by atoms with van der Waals surface area (Å²) in [5.74, 6) is 0. The van der Waals surface area contributed by atoms with Gasteiger partial charge in [0.05, 0.1) is 4.92 Å². The molecule has 1 heterocycles. The predicted molar refractivity (Wildman–Crippen MR) is 74.2 cm³/mol. The molecular formula is C13H14N2O2S. The Bertz CT molecular complexity index is 552. The first-order valence-electron chi connectivity index (χ1n) is 5.61. The average molecular weight is 262 g/mol. The van der Waals surface area contributed by atoms with Gasteiger partial charge in [-0.15, -0.1) is 0 Å². The highest BCUT2D eigenvalue weighted by atomic mass is 32.1. The molecule has 5 heteroatoms. The van der Waals surface area contributed by atoms with Crippen LogP contribution in [0.3, 0.4) is 0 Å². The highest BCUT2D eigenvalue weighted by molar-refractivity contribution is 7.07. The van der Waals surface area contributed by atoms with Crippen LogP contribution in [0.25, 0.3) is 0 Å². The number of nitrogens with zero attached hydrogens (tertiary/aromatic N) is 1. The molecule has 0 fully saturated rings. The summed E-state index contributed by atoms with van der Waals surface area (Å²) in [4.78, 5) is 10.7. The van der Waals surface area contributed by atoms with Crippen LogP contribution >= 0.6 is 11.3 Å². The van der Waals surface area contributed by atoms with Crippen molar-refractivity contribution < 1.29 is 4.92 Å². The third kappa shape index (κ3) is 2.68. The third-order valence-corrected chi connectivity index (χ3v) is 3.47. The Labute approximate surface area is 109 Å². The minimum Gasteiger partial charge on any atom is -0.373 e. The number of benzene rings is 1. The summed E-state index contributed by atoms with van der Waals surface area (Å²) in [5.41, 5.74) is 2.70. The van der Waals surface area contributed by atoms with Crippen molar-refractivity contribution in [3.63, 3.8) is 0 Å². The number of aryl methyl sites for hydroxylation is 1. The largest absolute Gasteiger partial charge is 0.373 e. The fraction of sp³-hybridized carbons (Fsp3) is 0.231. The topological polar surface area (TPSA) is 55.2 Å². The van der Waals surface area contributed by atoms with E-state index in [-0.39, 0.29) is 16.7 Å². The van der Waals surface area contributed by atoms with E-state index in [0.717, 1.165) is 11.1 Å². The van der Waals surface area contributed by atoms with Crippen molar-refractivity contribution in [1.29, 1.82) is 0 Å². The van der Waals surface area contributed by atoms with Crippen molar-refractivity contribution in [1.82, 2.24) is 0 Å². The van der Waals surface area contributed by atoms with Gasteiger partial charge < -0.3 is 5.32 Å². The standard InChI is InChI=1S/C13H14N2O2S/c1-9-3-4-12(13(7-9)15(16)17)14-10(2)11-5-6-18-8-11/h3-8,10,14H,1-2H3. The molecule has 2 rings (SSSR count). The van der Waals surface area contributed by atoms with Gasteiger partial charge in [-0.2, -0.15) is 11.3 Å². The van der Waals surface area contributed by atoms with E-state index in [2.05, 4.69) is 5.32 Å². The van der Waals surface area contributed by atoms with E-state index in [9.17, 15) is 10.1 Å². The van der Waals surface area contributed by atoms with Crippen molar-refractivity contribution in [2.75, 3.05) is 5.32 Å². The first-order chi connectivity index (χ1) is 8.58. The van der Waals surface area contributed by atoms with E-state index in [0.29, 0.717) is 5.69 Å². The minimum atomic E-state index is -0.352. The fourth-order valence-electron chi connectivity index (χ4n) is 1.75. The number of thiophene rings is 1. The van der Waals surface area contributed by atoms with Crippen LogP contribution in [0.2, 0.25) is 0 Å². The third-order valence-electron chi connectivity index (χ3n) is 2.77. The first kappa shape index (κ1) is 12.6. The lowest BCUT2D eigenvalue weighted by molar-refractivity contribution is -0.384. The molecule has 1 aromatic carbocycles. The molecule has 0 aliphatic rings. The Balaban J connectivity index is 2.26. The van der Waals surface area contributed by atoms with Gasteiger partial charge in [0, 0.05) is 12.1 Å². The molecule has 1 aromatic heterocycles. The van der Waals surface area contributed by atoms with Gasteiger partial charge in [0.1, 0.15) is 5.69 Å². The molecule has 0 bridgehead atoms. The molecule has 0 aliphatic heterocycles. The highest BCUT2D eigenvalue weighted by Gasteiger charge is 2.16. The SMILES string of the molecule is Cc1ccc(NC(C)c2ccsc2)c([N+](=O)[O-])c1. The van der Waals surface area contributed by atoms with Gasteiger partial charge in [-0.3, -0.25) is 10.1 Å². The molecule has 0 amide bonds. The Hall–Kier alpha value is -1.88. The normalized spacial score (nSPS) is 12.1. The zero-order chi connectivity index (χ0) is 13.1. The lowest BCUT2D eigenvalue weighted by atomic mass is 10.1. The average Bonchev–Trinajstić information content (AvgIpc) is 2.84. The Morgan fingerprint density at radius 1 is 1.39 bits per heavy atom. The van der Waals surface area contributed by atoms with Gasteiger partial charge in [-0.1, -0.05) is 6.07 Å². The van der Waals surface area contributed by atoms with Crippen LogP contribution in [0.4, 0.5) is 11.4 Å². The summed E-state index contributed by atoms with van der Waals surface area (Å²) < 4.78 is 0. The van der Waals surface area contributed by atoms with Gasteiger partial charge in [-0.05, 0) is 47.9 Å². The van der Waals surface area contributed by atoms with Crippen LogP contribution in [0.1, 0.15) is 24.1 Å². The molecule has 0 saturated heterocycles. The molecule has 1 N–H and O–H groups in total. The fourth-order valence-corrected chi connectivity index (χ4v) is 2.51.